The van der Waals surface area contributed by atoms with Crippen LogP contribution in [-0.4, -0.2) is 17.5 Å². The molecule has 1 heteroatoms. The normalized spacial score (nSPS) is 45.1. The van der Waals surface area contributed by atoms with E-state index in [1.807, 2.05) is 0 Å². The fourth-order valence-corrected chi connectivity index (χ4v) is 11.0. The molecule has 0 aromatic rings. The molecule has 0 radical (unpaired) electrons. The first-order chi connectivity index (χ1) is 13.9. The van der Waals surface area contributed by atoms with Crippen LogP contribution in [0.4, 0.5) is 0 Å². The average Bonchev–Trinajstić information content (AvgIpc) is 3.48. The van der Waals surface area contributed by atoms with E-state index >= 15 is 0 Å². The highest BCUT2D eigenvalue weighted by atomic mass is 31.1. The van der Waals surface area contributed by atoms with Crippen molar-refractivity contribution in [1.82, 2.24) is 0 Å². The van der Waals surface area contributed by atoms with Gasteiger partial charge in [-0.2, -0.15) is 0 Å². The molecule has 146 valence electrons. The van der Waals surface area contributed by atoms with Crippen LogP contribution in [0.1, 0.15) is 44.9 Å². The molecule has 5 aliphatic carbocycles. The number of fused-ring (bicyclic) bond motifs is 4. The Balaban J connectivity index is 1.25. The van der Waals surface area contributed by atoms with E-state index < -0.39 is 0 Å². The highest BCUT2D eigenvalue weighted by molar-refractivity contribution is 7.59. The van der Waals surface area contributed by atoms with Gasteiger partial charge in [0, 0.05) is 11.6 Å². The molecule has 0 amide bonds. The van der Waals surface area contributed by atoms with Gasteiger partial charge < -0.3 is 0 Å². The Labute approximate surface area is 172 Å². The lowest BCUT2D eigenvalue weighted by Gasteiger charge is -2.37. The summed E-state index contributed by atoms with van der Waals surface area (Å²) in [4.78, 5) is 0. The smallest absolute Gasteiger partial charge is 0.00443 e. The lowest BCUT2D eigenvalue weighted by Crippen LogP contribution is -2.27. The van der Waals surface area contributed by atoms with Gasteiger partial charge in [0.25, 0.3) is 0 Å². The van der Waals surface area contributed by atoms with Crippen LogP contribution in [0.5, 0.6) is 0 Å². The summed E-state index contributed by atoms with van der Waals surface area (Å²) < 4.78 is 0. The number of allylic oxidation sites excluding steroid dienone is 12. The molecule has 0 N–H and O–H groups in total. The van der Waals surface area contributed by atoms with Crippen molar-refractivity contribution in [1.29, 1.82) is 0 Å². The summed E-state index contributed by atoms with van der Waals surface area (Å²) >= 11 is 0. The van der Waals surface area contributed by atoms with Crippen LogP contribution in [0.25, 0.3) is 0 Å². The Bertz CT molecular complexity index is 738. The number of hydrogen-bond acceptors (Lipinski definition) is 0. The van der Waals surface area contributed by atoms with Crippen molar-refractivity contribution < 1.29 is 0 Å². The molecule has 0 spiro atoms. The standard InChI is InChI=1S/C27H33P/c1-5-19-13-14-20-6-2-10-24(20)25(23(19)9-1)17-18-28-26-11-3-7-21(26)15-16-22-8-4-12-27(22)28/h1,3,5-8,13-16,19,21,23-27H,2,4,9-12,17-18H2/t19-,21-,23?,24+,25?,26?,27+,28?/m1/s1. The second kappa shape index (κ2) is 7.28. The van der Waals surface area contributed by atoms with Crippen molar-refractivity contribution in [2.24, 2.45) is 29.6 Å². The summed E-state index contributed by atoms with van der Waals surface area (Å²) in [6.45, 7) is 0. The molecule has 0 aromatic carbocycles. The third-order valence-electron chi connectivity index (χ3n) is 8.57. The average molecular weight is 389 g/mol. The van der Waals surface area contributed by atoms with E-state index in [1.54, 1.807) is 11.1 Å². The van der Waals surface area contributed by atoms with Gasteiger partial charge in [-0.05, 0) is 91.6 Å². The van der Waals surface area contributed by atoms with Crippen LogP contribution in [0.2, 0.25) is 0 Å². The summed E-state index contributed by atoms with van der Waals surface area (Å²) in [6, 6.07) is 0. The van der Waals surface area contributed by atoms with Crippen molar-refractivity contribution in [2.45, 2.75) is 56.3 Å². The minimum absolute atomic E-state index is 0.0979. The zero-order valence-electron chi connectivity index (χ0n) is 16.9. The second-order valence-electron chi connectivity index (χ2n) is 9.81. The quantitative estimate of drug-likeness (QED) is 0.355. The SMILES string of the molecule is C1=C[C@@H]2C=CC3=CCC[C@@H]3C(CCP3C4CC=C[C@@H]4C=CC4=CCC[C@@H]43)C2C1. The van der Waals surface area contributed by atoms with Gasteiger partial charge in [-0.3, -0.25) is 0 Å². The van der Waals surface area contributed by atoms with Gasteiger partial charge in [-0.15, -0.1) is 0 Å². The largest absolute Gasteiger partial charge is 0.0946 e. The zero-order valence-corrected chi connectivity index (χ0v) is 17.8. The Hall–Kier alpha value is -1.13. The van der Waals surface area contributed by atoms with Crippen molar-refractivity contribution in [3.8, 4) is 0 Å². The first-order valence-electron chi connectivity index (χ1n) is 11.7. The molecule has 1 heterocycles. The Morgan fingerprint density at radius 1 is 0.821 bits per heavy atom. The summed E-state index contributed by atoms with van der Waals surface area (Å²) in [5.41, 5.74) is 5.23. The van der Waals surface area contributed by atoms with E-state index in [1.165, 1.54) is 51.1 Å². The Kier molecular flexibility index (Phi) is 4.61. The summed E-state index contributed by atoms with van der Waals surface area (Å²) in [5, 5.41) is 0. The van der Waals surface area contributed by atoms with Crippen LogP contribution >= 0.6 is 7.92 Å². The molecule has 6 rings (SSSR count). The molecule has 28 heavy (non-hydrogen) atoms. The molecule has 0 fully saturated rings. The van der Waals surface area contributed by atoms with E-state index in [-0.39, 0.29) is 7.92 Å². The van der Waals surface area contributed by atoms with Gasteiger partial charge in [-0.1, -0.05) is 68.7 Å². The van der Waals surface area contributed by atoms with E-state index in [2.05, 4.69) is 60.8 Å². The maximum atomic E-state index is 2.56. The summed E-state index contributed by atoms with van der Waals surface area (Å²) in [7, 11) is 0.0979. The van der Waals surface area contributed by atoms with Crippen LogP contribution < -0.4 is 0 Å². The highest BCUT2D eigenvalue weighted by Gasteiger charge is 2.42. The Morgan fingerprint density at radius 2 is 1.61 bits per heavy atom. The molecule has 0 saturated carbocycles. The lowest BCUT2D eigenvalue weighted by molar-refractivity contribution is 0.234. The fourth-order valence-electron chi connectivity index (χ4n) is 7.23. The number of rotatable bonds is 3. The first-order valence-corrected chi connectivity index (χ1v) is 13.4. The van der Waals surface area contributed by atoms with Gasteiger partial charge in [0.15, 0.2) is 0 Å². The van der Waals surface area contributed by atoms with Gasteiger partial charge in [-0.25, -0.2) is 0 Å². The molecule has 4 unspecified atom stereocenters. The van der Waals surface area contributed by atoms with Gasteiger partial charge in [0.05, 0.1) is 0 Å². The van der Waals surface area contributed by atoms with E-state index in [4.69, 9.17) is 0 Å². The van der Waals surface area contributed by atoms with Crippen molar-refractivity contribution in [3.05, 3.63) is 71.9 Å². The summed E-state index contributed by atoms with van der Waals surface area (Å²) in [5.74, 6) is 4.08. The predicted molar refractivity (Wildman–Crippen MR) is 122 cm³/mol. The molecule has 0 saturated heterocycles. The molecule has 0 nitrogen and oxygen atoms in total. The first kappa shape index (κ1) is 17.7. The highest BCUT2D eigenvalue weighted by Crippen LogP contribution is 2.61. The van der Waals surface area contributed by atoms with Gasteiger partial charge >= 0.3 is 0 Å². The van der Waals surface area contributed by atoms with Crippen LogP contribution in [0.3, 0.4) is 0 Å². The van der Waals surface area contributed by atoms with Crippen LogP contribution in [0, 0.1) is 29.6 Å². The van der Waals surface area contributed by atoms with Crippen molar-refractivity contribution in [3.63, 3.8) is 0 Å². The van der Waals surface area contributed by atoms with Crippen LogP contribution in [-0.2, 0) is 0 Å². The molecule has 1 aliphatic heterocycles. The maximum absolute atomic E-state index is 2.56. The molecule has 0 aromatic heterocycles. The number of hydrogen-bond donors (Lipinski definition) is 0. The van der Waals surface area contributed by atoms with Gasteiger partial charge in [0.2, 0.25) is 0 Å². The molecular formula is C27H33P. The molecule has 8 atom stereocenters. The monoisotopic (exact) mass is 388 g/mol. The second-order valence-corrected chi connectivity index (χ2v) is 12.6. The van der Waals surface area contributed by atoms with E-state index in [9.17, 15) is 0 Å². The summed E-state index contributed by atoms with van der Waals surface area (Å²) in [6.07, 6.45) is 36.3. The molecule has 0 bridgehead atoms. The predicted octanol–water partition coefficient (Wildman–Crippen LogP) is 7.18. The third kappa shape index (κ3) is 2.90. The van der Waals surface area contributed by atoms with Gasteiger partial charge in [0.1, 0.15) is 0 Å². The van der Waals surface area contributed by atoms with E-state index in [0.29, 0.717) is 5.92 Å². The molecule has 6 aliphatic rings. The Morgan fingerprint density at radius 3 is 2.61 bits per heavy atom. The lowest BCUT2D eigenvalue weighted by atomic mass is 9.74. The fraction of sp³-hybridized carbons (Fsp3) is 0.556. The van der Waals surface area contributed by atoms with Crippen LogP contribution in [0.15, 0.2) is 71.9 Å². The third-order valence-corrected chi connectivity index (χ3v) is 12.1. The van der Waals surface area contributed by atoms with E-state index in [0.717, 1.165) is 35.0 Å². The zero-order chi connectivity index (χ0) is 18.5. The van der Waals surface area contributed by atoms with Crippen molar-refractivity contribution >= 4 is 7.92 Å². The minimum atomic E-state index is 0.0979. The maximum Gasteiger partial charge on any atom is 0.00443 e. The topological polar surface area (TPSA) is 0 Å². The minimum Gasteiger partial charge on any atom is -0.0946 e. The van der Waals surface area contributed by atoms with Crippen molar-refractivity contribution in [2.75, 3.05) is 6.16 Å². The molecular weight excluding hydrogens is 355 g/mol.